The summed E-state index contributed by atoms with van der Waals surface area (Å²) in [5, 5.41) is 5.75. The molecular formula is C18H18N2O5. The van der Waals surface area contributed by atoms with Crippen molar-refractivity contribution in [3.8, 4) is 23.0 Å². The first kappa shape index (κ1) is 15.4. The third-order valence-electron chi connectivity index (χ3n) is 4.13. The van der Waals surface area contributed by atoms with Gasteiger partial charge in [0.25, 0.3) is 0 Å². The number of hydrogen-bond acceptors (Lipinski definition) is 5. The van der Waals surface area contributed by atoms with Crippen LogP contribution in [0.15, 0.2) is 36.4 Å². The average molecular weight is 342 g/mol. The first-order chi connectivity index (χ1) is 12.2. The fraction of sp³-hybridized carbons (Fsp3) is 0.278. The van der Waals surface area contributed by atoms with Gasteiger partial charge in [-0.25, -0.2) is 4.79 Å². The number of carbonyl (C=O) groups is 1. The van der Waals surface area contributed by atoms with Gasteiger partial charge in [-0.1, -0.05) is 12.1 Å². The highest BCUT2D eigenvalue weighted by Crippen LogP contribution is 2.34. The summed E-state index contributed by atoms with van der Waals surface area (Å²) in [6, 6.07) is 10.8. The average Bonchev–Trinajstić information content (AvgIpc) is 3.27. The summed E-state index contributed by atoms with van der Waals surface area (Å²) in [4.78, 5) is 12.1. The fourth-order valence-corrected chi connectivity index (χ4v) is 2.75. The normalized spacial score (nSPS) is 14.9. The van der Waals surface area contributed by atoms with E-state index in [0.29, 0.717) is 18.0 Å². The minimum absolute atomic E-state index is 0.161. The van der Waals surface area contributed by atoms with E-state index >= 15 is 0 Å². The molecule has 7 nitrogen and oxygen atoms in total. The van der Waals surface area contributed by atoms with E-state index in [1.54, 1.807) is 0 Å². The monoisotopic (exact) mass is 342 g/mol. The van der Waals surface area contributed by atoms with E-state index in [2.05, 4.69) is 10.6 Å². The van der Waals surface area contributed by atoms with Gasteiger partial charge in [-0.15, -0.1) is 0 Å². The smallest absolute Gasteiger partial charge is 0.315 e. The molecule has 0 spiro atoms. The van der Waals surface area contributed by atoms with Gasteiger partial charge in [-0.3, -0.25) is 0 Å². The van der Waals surface area contributed by atoms with E-state index in [4.69, 9.17) is 18.9 Å². The van der Waals surface area contributed by atoms with Gasteiger partial charge in [0.15, 0.2) is 23.0 Å². The van der Waals surface area contributed by atoms with E-state index in [-0.39, 0.29) is 25.7 Å². The Bertz CT molecular complexity index is 808. The van der Waals surface area contributed by atoms with Crippen molar-refractivity contribution < 1.29 is 23.7 Å². The number of urea groups is 1. The zero-order valence-electron chi connectivity index (χ0n) is 13.7. The van der Waals surface area contributed by atoms with Crippen molar-refractivity contribution in [1.29, 1.82) is 0 Å². The summed E-state index contributed by atoms with van der Waals surface area (Å²) < 4.78 is 21.3. The second-order valence-corrected chi connectivity index (χ2v) is 5.85. The number of ether oxygens (including phenoxy) is 4. The zero-order chi connectivity index (χ0) is 17.2. The molecule has 7 heteroatoms. The topological polar surface area (TPSA) is 78.1 Å². The van der Waals surface area contributed by atoms with Gasteiger partial charge in [-0.05, 0) is 42.3 Å². The van der Waals surface area contributed by atoms with Gasteiger partial charge in [0.05, 0.1) is 6.04 Å². The van der Waals surface area contributed by atoms with Gasteiger partial charge in [0.2, 0.25) is 13.6 Å². The number of carbonyl (C=O) groups excluding carboxylic acids is 1. The molecule has 0 aliphatic carbocycles. The number of hydrogen-bond donors (Lipinski definition) is 2. The van der Waals surface area contributed by atoms with Gasteiger partial charge in [-0.2, -0.15) is 0 Å². The summed E-state index contributed by atoms with van der Waals surface area (Å²) in [5.74, 6) is 2.85. The van der Waals surface area contributed by atoms with Crippen molar-refractivity contribution in [2.75, 3.05) is 13.6 Å². The summed E-state index contributed by atoms with van der Waals surface area (Å²) in [5.41, 5.74) is 1.89. The second-order valence-electron chi connectivity index (χ2n) is 5.85. The van der Waals surface area contributed by atoms with Crippen LogP contribution >= 0.6 is 0 Å². The van der Waals surface area contributed by atoms with Crippen molar-refractivity contribution in [1.82, 2.24) is 10.6 Å². The standard InChI is InChI=1S/C18H18N2O5/c1-11(13-3-5-15-17(7-13)25-10-23-15)20-18(21)19-8-12-2-4-14-16(6-12)24-9-22-14/h2-7,11H,8-10H2,1H3,(H2,19,20,21)/t11-/m1/s1. The third-order valence-corrected chi connectivity index (χ3v) is 4.13. The van der Waals surface area contributed by atoms with Crippen LogP contribution in [-0.2, 0) is 6.54 Å². The minimum atomic E-state index is -0.247. The molecule has 0 saturated carbocycles. The highest BCUT2D eigenvalue weighted by Gasteiger charge is 2.17. The predicted octanol–water partition coefficient (Wildman–Crippen LogP) is 2.70. The van der Waals surface area contributed by atoms with Crippen LogP contribution in [0.25, 0.3) is 0 Å². The van der Waals surface area contributed by atoms with Crippen LogP contribution in [0.4, 0.5) is 4.79 Å². The number of rotatable bonds is 4. The van der Waals surface area contributed by atoms with Crippen LogP contribution in [0.2, 0.25) is 0 Å². The zero-order valence-corrected chi connectivity index (χ0v) is 13.7. The Morgan fingerprint density at radius 3 is 2.36 bits per heavy atom. The van der Waals surface area contributed by atoms with E-state index < -0.39 is 0 Å². The summed E-state index contributed by atoms with van der Waals surface area (Å²) >= 11 is 0. The van der Waals surface area contributed by atoms with Crippen LogP contribution in [-0.4, -0.2) is 19.6 Å². The molecule has 2 heterocycles. The number of benzene rings is 2. The molecule has 0 radical (unpaired) electrons. The van der Waals surface area contributed by atoms with Crippen LogP contribution in [0.5, 0.6) is 23.0 Å². The fourth-order valence-electron chi connectivity index (χ4n) is 2.75. The molecule has 0 bridgehead atoms. The lowest BCUT2D eigenvalue weighted by molar-refractivity contribution is 0.173. The number of amides is 2. The van der Waals surface area contributed by atoms with Crippen molar-refractivity contribution in [2.24, 2.45) is 0 Å². The Labute approximate surface area is 144 Å². The predicted molar refractivity (Wildman–Crippen MR) is 88.9 cm³/mol. The molecule has 2 N–H and O–H groups in total. The molecule has 2 aliphatic rings. The van der Waals surface area contributed by atoms with Crippen LogP contribution in [0.3, 0.4) is 0 Å². The molecule has 4 rings (SSSR count). The Kier molecular flexibility index (Phi) is 3.97. The van der Waals surface area contributed by atoms with E-state index in [0.717, 1.165) is 22.6 Å². The molecule has 2 aromatic carbocycles. The van der Waals surface area contributed by atoms with Gasteiger partial charge < -0.3 is 29.6 Å². The lowest BCUT2D eigenvalue weighted by Crippen LogP contribution is -2.36. The lowest BCUT2D eigenvalue weighted by Gasteiger charge is -2.15. The molecule has 1 atom stereocenters. The Morgan fingerprint density at radius 1 is 0.960 bits per heavy atom. The molecule has 0 fully saturated rings. The molecule has 0 unspecified atom stereocenters. The molecule has 130 valence electrons. The quantitative estimate of drug-likeness (QED) is 0.893. The minimum Gasteiger partial charge on any atom is -0.454 e. The highest BCUT2D eigenvalue weighted by molar-refractivity contribution is 5.74. The van der Waals surface area contributed by atoms with Gasteiger partial charge in [0, 0.05) is 6.54 Å². The molecule has 0 saturated heterocycles. The van der Waals surface area contributed by atoms with Gasteiger partial charge >= 0.3 is 6.03 Å². The van der Waals surface area contributed by atoms with Crippen LogP contribution < -0.4 is 29.6 Å². The summed E-state index contributed by atoms with van der Waals surface area (Å²) in [7, 11) is 0. The first-order valence-electron chi connectivity index (χ1n) is 8.01. The lowest BCUT2D eigenvalue weighted by atomic mass is 10.1. The molecule has 25 heavy (non-hydrogen) atoms. The molecule has 0 aromatic heterocycles. The maximum Gasteiger partial charge on any atom is 0.315 e. The molecule has 2 aliphatic heterocycles. The number of fused-ring (bicyclic) bond motifs is 2. The number of nitrogens with one attached hydrogen (secondary N) is 2. The largest absolute Gasteiger partial charge is 0.454 e. The van der Waals surface area contributed by atoms with Crippen molar-refractivity contribution in [3.05, 3.63) is 47.5 Å². The van der Waals surface area contributed by atoms with Crippen LogP contribution in [0.1, 0.15) is 24.1 Å². The van der Waals surface area contributed by atoms with E-state index in [1.807, 2.05) is 43.3 Å². The third kappa shape index (κ3) is 3.26. The Hall–Kier alpha value is -3.09. The maximum atomic E-state index is 12.1. The van der Waals surface area contributed by atoms with Crippen molar-refractivity contribution in [3.63, 3.8) is 0 Å². The van der Waals surface area contributed by atoms with Crippen molar-refractivity contribution >= 4 is 6.03 Å². The molecule has 2 amide bonds. The van der Waals surface area contributed by atoms with E-state index in [9.17, 15) is 4.79 Å². The highest BCUT2D eigenvalue weighted by atomic mass is 16.7. The Balaban J connectivity index is 1.32. The SMILES string of the molecule is C[C@@H](NC(=O)NCc1ccc2c(c1)OCO2)c1ccc2c(c1)OCO2. The summed E-state index contributed by atoms with van der Waals surface area (Å²) in [6.07, 6.45) is 0. The van der Waals surface area contributed by atoms with E-state index in [1.165, 1.54) is 0 Å². The second kappa shape index (κ2) is 6.43. The summed E-state index contributed by atoms with van der Waals surface area (Å²) in [6.45, 7) is 2.78. The first-order valence-corrected chi connectivity index (χ1v) is 8.01. The molecular weight excluding hydrogens is 324 g/mol. The van der Waals surface area contributed by atoms with Gasteiger partial charge in [0.1, 0.15) is 0 Å². The maximum absolute atomic E-state index is 12.1. The Morgan fingerprint density at radius 2 is 1.60 bits per heavy atom. The van der Waals surface area contributed by atoms with Crippen molar-refractivity contribution in [2.45, 2.75) is 19.5 Å². The van der Waals surface area contributed by atoms with Crippen LogP contribution in [0, 0.1) is 0 Å². The molecule has 2 aromatic rings.